The van der Waals surface area contributed by atoms with Crippen LogP contribution >= 0.6 is 11.3 Å². The Labute approximate surface area is 197 Å². The average molecular weight is 480 g/mol. The first kappa shape index (κ1) is 25.1. The molecule has 0 bridgehead atoms. The number of rotatable bonds is 9. The summed E-state index contributed by atoms with van der Waals surface area (Å²) in [5, 5.41) is 10.3. The third kappa shape index (κ3) is 6.73. The molecule has 2 fully saturated rings. The molecule has 1 unspecified atom stereocenters. The molecule has 33 heavy (non-hydrogen) atoms. The molecule has 0 aromatic carbocycles. The van der Waals surface area contributed by atoms with Gasteiger partial charge in [-0.15, -0.1) is 11.3 Å². The molecular formula is C22H33N5O5S. The van der Waals surface area contributed by atoms with Crippen molar-refractivity contribution in [3.63, 3.8) is 0 Å². The predicted octanol–water partition coefficient (Wildman–Crippen LogP) is 2.07. The Morgan fingerprint density at radius 1 is 1.18 bits per heavy atom. The summed E-state index contributed by atoms with van der Waals surface area (Å²) in [4.78, 5) is 57.4. The van der Waals surface area contributed by atoms with Gasteiger partial charge in [0.15, 0.2) is 5.13 Å². The molecular weight excluding hydrogens is 446 g/mol. The van der Waals surface area contributed by atoms with Crippen LogP contribution in [0.15, 0.2) is 11.6 Å². The van der Waals surface area contributed by atoms with Gasteiger partial charge in [0.2, 0.25) is 11.7 Å². The third-order valence-electron chi connectivity index (χ3n) is 6.13. The molecule has 1 saturated heterocycles. The Bertz CT molecular complexity index is 819. The van der Waals surface area contributed by atoms with Gasteiger partial charge in [0.05, 0.1) is 19.3 Å². The number of hydrogen-bond acceptors (Lipinski definition) is 7. The van der Waals surface area contributed by atoms with E-state index in [0.717, 1.165) is 25.7 Å². The van der Waals surface area contributed by atoms with E-state index in [1.165, 1.54) is 17.5 Å². The van der Waals surface area contributed by atoms with E-state index >= 15 is 0 Å². The second-order valence-electron chi connectivity index (χ2n) is 8.50. The summed E-state index contributed by atoms with van der Waals surface area (Å²) in [5.74, 6) is -1.92. The number of urea groups is 1. The summed E-state index contributed by atoms with van der Waals surface area (Å²) in [5.41, 5.74) is -1.09. The summed E-state index contributed by atoms with van der Waals surface area (Å²) < 4.78 is 5.31. The number of hydrogen-bond donors (Lipinski definition) is 3. The maximum absolute atomic E-state index is 13.5. The highest BCUT2D eigenvalue weighted by molar-refractivity contribution is 7.13. The standard InChI is InChI=1S/C22H33N5O5S/c1-2-3-7-16(17(28)18(29)25-20-23-10-15-33-20)24-19(30)22(8-5-4-6-9-22)26-21(31)27-11-13-32-14-12-27/h10,15-16H,2-9,11-14H2,1H3,(H,24,30)(H,26,31)(H,23,25,29). The number of morpholine rings is 1. The van der Waals surface area contributed by atoms with Crippen LogP contribution in [0, 0.1) is 0 Å². The molecule has 1 aliphatic carbocycles. The van der Waals surface area contributed by atoms with Crippen molar-refractivity contribution in [2.75, 3.05) is 31.6 Å². The predicted molar refractivity (Wildman–Crippen MR) is 124 cm³/mol. The van der Waals surface area contributed by atoms with E-state index in [0.29, 0.717) is 57.1 Å². The Kier molecular flexibility index (Phi) is 9.19. The molecule has 1 aromatic heterocycles. The number of unbranched alkanes of at least 4 members (excludes halogenated alkanes) is 1. The number of anilines is 1. The SMILES string of the molecule is CCCCC(NC(=O)C1(NC(=O)N2CCOCC2)CCCCC1)C(=O)C(=O)Nc1nccs1. The van der Waals surface area contributed by atoms with E-state index in [1.807, 2.05) is 6.92 Å². The monoisotopic (exact) mass is 479 g/mol. The normalized spacial score (nSPS) is 18.8. The molecule has 0 radical (unpaired) electrons. The highest BCUT2D eigenvalue weighted by Crippen LogP contribution is 2.29. The van der Waals surface area contributed by atoms with Gasteiger partial charge in [-0.05, 0) is 19.3 Å². The van der Waals surface area contributed by atoms with Crippen LogP contribution in [0.5, 0.6) is 0 Å². The van der Waals surface area contributed by atoms with Gasteiger partial charge in [-0.1, -0.05) is 39.0 Å². The summed E-state index contributed by atoms with van der Waals surface area (Å²) in [7, 11) is 0. The molecule has 3 rings (SSSR count). The molecule has 11 heteroatoms. The van der Waals surface area contributed by atoms with Crippen LogP contribution in [-0.4, -0.2) is 71.4 Å². The van der Waals surface area contributed by atoms with Crippen LogP contribution in [0.25, 0.3) is 0 Å². The Balaban J connectivity index is 1.71. The zero-order chi connectivity index (χ0) is 23.7. The minimum Gasteiger partial charge on any atom is -0.378 e. The molecule has 2 aliphatic rings. The fraction of sp³-hybridized carbons (Fsp3) is 0.682. The lowest BCUT2D eigenvalue weighted by Crippen LogP contribution is -2.64. The van der Waals surface area contributed by atoms with Crippen molar-refractivity contribution < 1.29 is 23.9 Å². The van der Waals surface area contributed by atoms with Crippen molar-refractivity contribution in [1.82, 2.24) is 20.5 Å². The molecule has 10 nitrogen and oxygen atoms in total. The number of Topliss-reactive ketones (excluding diaryl/α,β-unsaturated/α-hetero) is 1. The Morgan fingerprint density at radius 2 is 1.91 bits per heavy atom. The van der Waals surface area contributed by atoms with Gasteiger partial charge < -0.3 is 20.3 Å². The number of carbonyl (C=O) groups excluding carboxylic acids is 4. The number of ether oxygens (including phenoxy) is 1. The van der Waals surface area contributed by atoms with Crippen molar-refractivity contribution in [2.24, 2.45) is 0 Å². The van der Waals surface area contributed by atoms with Crippen LogP contribution in [0.2, 0.25) is 0 Å². The van der Waals surface area contributed by atoms with Crippen molar-refractivity contribution in [2.45, 2.75) is 69.9 Å². The first-order valence-electron chi connectivity index (χ1n) is 11.7. The fourth-order valence-electron chi connectivity index (χ4n) is 4.19. The first-order valence-corrected chi connectivity index (χ1v) is 12.5. The lowest BCUT2D eigenvalue weighted by Gasteiger charge is -2.39. The van der Waals surface area contributed by atoms with E-state index in [2.05, 4.69) is 20.9 Å². The summed E-state index contributed by atoms with van der Waals surface area (Å²) in [6, 6.07) is -1.26. The van der Waals surface area contributed by atoms with Crippen molar-refractivity contribution in [3.05, 3.63) is 11.6 Å². The van der Waals surface area contributed by atoms with E-state index < -0.39 is 29.2 Å². The van der Waals surface area contributed by atoms with Gasteiger partial charge >= 0.3 is 6.03 Å². The van der Waals surface area contributed by atoms with E-state index in [4.69, 9.17) is 4.74 Å². The zero-order valence-electron chi connectivity index (χ0n) is 19.1. The van der Waals surface area contributed by atoms with E-state index in [9.17, 15) is 19.2 Å². The second-order valence-corrected chi connectivity index (χ2v) is 9.39. The van der Waals surface area contributed by atoms with Crippen LogP contribution in [-0.2, 0) is 19.1 Å². The maximum Gasteiger partial charge on any atom is 0.318 e. The molecule has 1 aromatic rings. The molecule has 1 atom stereocenters. The molecule has 1 aliphatic heterocycles. The van der Waals surface area contributed by atoms with Crippen LogP contribution in [0.1, 0.15) is 58.3 Å². The minimum atomic E-state index is -1.09. The fourth-order valence-corrected chi connectivity index (χ4v) is 4.71. The highest BCUT2D eigenvalue weighted by Gasteiger charge is 2.43. The molecule has 182 valence electrons. The summed E-state index contributed by atoms with van der Waals surface area (Å²) in [6.45, 7) is 3.85. The number of ketones is 1. The minimum absolute atomic E-state index is 0.298. The molecule has 2 heterocycles. The van der Waals surface area contributed by atoms with Crippen molar-refractivity contribution in [1.29, 1.82) is 0 Å². The first-order chi connectivity index (χ1) is 15.9. The number of nitrogens with one attached hydrogen (secondary N) is 3. The molecule has 0 spiro atoms. The van der Waals surface area contributed by atoms with Gasteiger partial charge in [-0.2, -0.15) is 0 Å². The number of thiazole rings is 1. The van der Waals surface area contributed by atoms with Gasteiger partial charge in [0.1, 0.15) is 5.54 Å². The second kappa shape index (κ2) is 12.1. The quantitative estimate of drug-likeness (QED) is 0.465. The van der Waals surface area contributed by atoms with E-state index in [-0.39, 0.29) is 6.03 Å². The van der Waals surface area contributed by atoms with Gasteiger partial charge in [-0.3, -0.25) is 19.7 Å². The molecule has 3 N–H and O–H groups in total. The third-order valence-corrected chi connectivity index (χ3v) is 6.82. The Hall–Kier alpha value is -2.53. The zero-order valence-corrected chi connectivity index (χ0v) is 19.9. The number of carbonyl (C=O) groups is 4. The molecule has 4 amide bonds. The maximum atomic E-state index is 13.5. The summed E-state index contributed by atoms with van der Waals surface area (Å²) >= 11 is 1.21. The average Bonchev–Trinajstić information content (AvgIpc) is 3.35. The van der Waals surface area contributed by atoms with Crippen molar-refractivity contribution in [3.8, 4) is 0 Å². The lowest BCUT2D eigenvalue weighted by atomic mass is 9.80. The topological polar surface area (TPSA) is 130 Å². The smallest absolute Gasteiger partial charge is 0.318 e. The van der Waals surface area contributed by atoms with Crippen LogP contribution < -0.4 is 16.0 Å². The van der Waals surface area contributed by atoms with Gasteiger partial charge in [0, 0.05) is 24.7 Å². The largest absolute Gasteiger partial charge is 0.378 e. The number of aromatic nitrogens is 1. The van der Waals surface area contributed by atoms with Crippen LogP contribution in [0.3, 0.4) is 0 Å². The van der Waals surface area contributed by atoms with Crippen molar-refractivity contribution >= 4 is 40.1 Å². The highest BCUT2D eigenvalue weighted by atomic mass is 32.1. The lowest BCUT2D eigenvalue weighted by molar-refractivity contribution is -0.138. The number of amides is 4. The van der Waals surface area contributed by atoms with Gasteiger partial charge in [-0.25, -0.2) is 9.78 Å². The molecule has 1 saturated carbocycles. The van der Waals surface area contributed by atoms with Crippen LogP contribution in [0.4, 0.5) is 9.93 Å². The van der Waals surface area contributed by atoms with E-state index in [1.54, 1.807) is 10.3 Å². The Morgan fingerprint density at radius 3 is 2.55 bits per heavy atom. The van der Waals surface area contributed by atoms with Gasteiger partial charge in [0.25, 0.3) is 5.91 Å². The number of nitrogens with zero attached hydrogens (tertiary/aromatic N) is 2. The summed E-state index contributed by atoms with van der Waals surface area (Å²) in [6.07, 6.45) is 6.94.